The van der Waals surface area contributed by atoms with Gasteiger partial charge >= 0.3 is 6.03 Å². The van der Waals surface area contributed by atoms with Crippen molar-refractivity contribution in [1.29, 1.82) is 0 Å². The summed E-state index contributed by atoms with van der Waals surface area (Å²) >= 11 is 1.18. The van der Waals surface area contributed by atoms with E-state index in [1.807, 2.05) is 30.3 Å². The number of likely N-dealkylation sites (tertiary alicyclic amines) is 1. The molecule has 3 rings (SSSR count). The number of amides is 2. The summed E-state index contributed by atoms with van der Waals surface area (Å²) in [6.45, 7) is 3.47. The monoisotopic (exact) mass is 346 g/mol. The second-order valence-electron chi connectivity index (χ2n) is 6.26. The first kappa shape index (κ1) is 16.9. The molecule has 7 heteroatoms. The van der Waals surface area contributed by atoms with Crippen LogP contribution < -0.4 is 5.32 Å². The van der Waals surface area contributed by atoms with Crippen LogP contribution in [0.5, 0.6) is 0 Å². The van der Waals surface area contributed by atoms with Gasteiger partial charge in [0.05, 0.1) is 6.61 Å². The Bertz CT molecular complexity index is 685. The van der Waals surface area contributed by atoms with Gasteiger partial charge in [-0.25, -0.2) is 4.79 Å². The maximum Gasteiger partial charge on any atom is 0.323 e. The van der Waals surface area contributed by atoms with Crippen LogP contribution in [0.3, 0.4) is 0 Å². The van der Waals surface area contributed by atoms with Gasteiger partial charge in [0.25, 0.3) is 0 Å². The fourth-order valence-electron chi connectivity index (χ4n) is 3.06. The lowest BCUT2D eigenvalue weighted by molar-refractivity contribution is 0.0468. The predicted molar refractivity (Wildman–Crippen MR) is 95.0 cm³/mol. The molecule has 0 spiro atoms. The third-order valence-corrected chi connectivity index (χ3v) is 5.34. The SMILES string of the molecule is CC[C@]1(CO)CCCN(C(=O)Nc2nc(-c3ccccc3)ns2)C1. The average molecular weight is 346 g/mol. The maximum atomic E-state index is 12.5. The number of carbonyl (C=O) groups is 1. The molecule has 1 atom stereocenters. The van der Waals surface area contributed by atoms with Crippen molar-refractivity contribution >= 4 is 22.7 Å². The van der Waals surface area contributed by atoms with E-state index in [2.05, 4.69) is 21.6 Å². The highest BCUT2D eigenvalue weighted by atomic mass is 32.1. The first-order chi connectivity index (χ1) is 11.7. The first-order valence-electron chi connectivity index (χ1n) is 8.22. The van der Waals surface area contributed by atoms with Crippen LogP contribution >= 0.6 is 11.5 Å². The fraction of sp³-hybridized carbons (Fsp3) is 0.471. The van der Waals surface area contributed by atoms with Crippen LogP contribution in [0.15, 0.2) is 30.3 Å². The molecule has 1 fully saturated rings. The fourth-order valence-corrected chi connectivity index (χ4v) is 3.64. The number of piperidine rings is 1. The van der Waals surface area contributed by atoms with Gasteiger partial charge in [0.2, 0.25) is 5.13 Å². The lowest BCUT2D eigenvalue weighted by atomic mass is 9.78. The Labute approximate surface area is 145 Å². The number of carbonyl (C=O) groups excluding carboxylic acids is 1. The molecule has 1 aliphatic heterocycles. The summed E-state index contributed by atoms with van der Waals surface area (Å²) in [5.74, 6) is 0.618. The Morgan fingerprint density at radius 2 is 2.21 bits per heavy atom. The number of hydrogen-bond acceptors (Lipinski definition) is 5. The molecule has 0 bridgehead atoms. The second-order valence-corrected chi connectivity index (χ2v) is 7.01. The van der Waals surface area contributed by atoms with Crippen LogP contribution in [0.25, 0.3) is 11.4 Å². The molecular formula is C17H22N4O2S. The van der Waals surface area contributed by atoms with Crippen LogP contribution in [0.2, 0.25) is 0 Å². The van der Waals surface area contributed by atoms with E-state index in [4.69, 9.17) is 0 Å². The zero-order valence-electron chi connectivity index (χ0n) is 13.7. The third kappa shape index (κ3) is 3.57. The summed E-state index contributed by atoms with van der Waals surface area (Å²) in [6, 6.07) is 9.51. The molecule has 1 saturated heterocycles. The molecule has 24 heavy (non-hydrogen) atoms. The van der Waals surface area contributed by atoms with E-state index >= 15 is 0 Å². The highest BCUT2D eigenvalue weighted by Gasteiger charge is 2.35. The number of aliphatic hydroxyl groups is 1. The van der Waals surface area contributed by atoms with E-state index in [9.17, 15) is 9.90 Å². The topological polar surface area (TPSA) is 78.4 Å². The van der Waals surface area contributed by atoms with Crippen molar-refractivity contribution < 1.29 is 9.90 Å². The van der Waals surface area contributed by atoms with Gasteiger partial charge < -0.3 is 10.0 Å². The molecule has 0 aliphatic carbocycles. The highest BCUT2D eigenvalue weighted by molar-refractivity contribution is 7.10. The van der Waals surface area contributed by atoms with Gasteiger partial charge in [-0.05, 0) is 19.3 Å². The Hall–Kier alpha value is -1.99. The molecule has 0 saturated carbocycles. The van der Waals surface area contributed by atoms with Gasteiger partial charge in [-0.15, -0.1) is 0 Å². The van der Waals surface area contributed by atoms with Gasteiger partial charge in [0.1, 0.15) is 0 Å². The number of aromatic nitrogens is 2. The number of rotatable bonds is 4. The van der Waals surface area contributed by atoms with E-state index < -0.39 is 0 Å². The molecule has 1 aromatic carbocycles. The first-order valence-corrected chi connectivity index (χ1v) is 8.99. The number of anilines is 1. The highest BCUT2D eigenvalue weighted by Crippen LogP contribution is 2.33. The minimum Gasteiger partial charge on any atom is -0.396 e. The molecule has 0 radical (unpaired) electrons. The van der Waals surface area contributed by atoms with Crippen LogP contribution in [0, 0.1) is 5.41 Å². The number of nitrogens with zero attached hydrogens (tertiary/aromatic N) is 3. The standard InChI is InChI=1S/C17H22N4O2S/c1-2-17(12-22)9-6-10-21(11-17)16(23)19-15-18-14(20-24-15)13-7-4-3-5-8-13/h3-5,7-8,22H,2,6,9-12H2,1H3,(H,18,19,20,23)/t17-/m0/s1. The largest absolute Gasteiger partial charge is 0.396 e. The summed E-state index contributed by atoms with van der Waals surface area (Å²) in [7, 11) is 0. The molecule has 128 valence electrons. The van der Waals surface area contributed by atoms with E-state index in [-0.39, 0.29) is 18.1 Å². The van der Waals surface area contributed by atoms with Gasteiger partial charge in [0, 0.05) is 35.6 Å². The van der Waals surface area contributed by atoms with E-state index in [1.165, 1.54) is 11.5 Å². The van der Waals surface area contributed by atoms with Gasteiger partial charge in [-0.3, -0.25) is 5.32 Å². The van der Waals surface area contributed by atoms with Crippen LogP contribution in [-0.2, 0) is 0 Å². The van der Waals surface area contributed by atoms with Gasteiger partial charge in [0.15, 0.2) is 5.82 Å². The quantitative estimate of drug-likeness (QED) is 0.891. The maximum absolute atomic E-state index is 12.5. The molecule has 2 heterocycles. The minimum atomic E-state index is -0.175. The van der Waals surface area contributed by atoms with Crippen molar-refractivity contribution in [2.24, 2.45) is 5.41 Å². The smallest absolute Gasteiger partial charge is 0.323 e. The Morgan fingerprint density at radius 1 is 1.42 bits per heavy atom. The predicted octanol–water partition coefficient (Wildman–Crippen LogP) is 3.22. The molecule has 1 aliphatic rings. The Kier molecular flexibility index (Phi) is 5.11. The number of hydrogen-bond donors (Lipinski definition) is 2. The molecule has 2 aromatic rings. The molecule has 1 aromatic heterocycles. The zero-order chi connectivity index (χ0) is 17.0. The number of aliphatic hydroxyl groups excluding tert-OH is 1. The zero-order valence-corrected chi connectivity index (χ0v) is 14.6. The number of nitrogens with one attached hydrogen (secondary N) is 1. The van der Waals surface area contributed by atoms with Crippen LogP contribution in [0.1, 0.15) is 26.2 Å². The Balaban J connectivity index is 1.66. The van der Waals surface area contributed by atoms with Crippen LogP contribution in [0.4, 0.5) is 9.93 Å². The summed E-state index contributed by atoms with van der Waals surface area (Å²) in [5.41, 5.74) is 0.754. The summed E-state index contributed by atoms with van der Waals surface area (Å²) in [5, 5.41) is 13.0. The van der Waals surface area contributed by atoms with Gasteiger partial charge in [-0.1, -0.05) is 37.3 Å². The van der Waals surface area contributed by atoms with Crippen molar-refractivity contribution in [3.05, 3.63) is 30.3 Å². The summed E-state index contributed by atoms with van der Waals surface area (Å²) < 4.78 is 4.30. The molecule has 2 amide bonds. The minimum absolute atomic E-state index is 0.115. The van der Waals surface area contributed by atoms with Crippen molar-refractivity contribution in [3.8, 4) is 11.4 Å². The molecular weight excluding hydrogens is 324 g/mol. The molecule has 2 N–H and O–H groups in total. The molecule has 0 unspecified atom stereocenters. The number of urea groups is 1. The summed E-state index contributed by atoms with van der Waals surface area (Å²) in [6.07, 6.45) is 2.73. The third-order valence-electron chi connectivity index (χ3n) is 4.71. The van der Waals surface area contributed by atoms with Crippen molar-refractivity contribution in [3.63, 3.8) is 0 Å². The van der Waals surface area contributed by atoms with Crippen molar-refractivity contribution in [1.82, 2.24) is 14.3 Å². The normalized spacial score (nSPS) is 20.8. The number of benzene rings is 1. The van der Waals surface area contributed by atoms with Crippen molar-refractivity contribution in [2.45, 2.75) is 26.2 Å². The van der Waals surface area contributed by atoms with E-state index in [1.54, 1.807) is 4.90 Å². The lowest BCUT2D eigenvalue weighted by Crippen LogP contribution is -2.49. The van der Waals surface area contributed by atoms with Crippen LogP contribution in [-0.4, -0.2) is 45.1 Å². The average Bonchev–Trinajstić information content (AvgIpc) is 3.11. The summed E-state index contributed by atoms with van der Waals surface area (Å²) in [4.78, 5) is 18.7. The molecule has 6 nitrogen and oxygen atoms in total. The van der Waals surface area contributed by atoms with E-state index in [0.29, 0.717) is 24.0 Å². The second kappa shape index (κ2) is 7.27. The van der Waals surface area contributed by atoms with Crippen molar-refractivity contribution in [2.75, 3.05) is 25.0 Å². The van der Waals surface area contributed by atoms with E-state index in [0.717, 1.165) is 24.8 Å². The lowest BCUT2D eigenvalue weighted by Gasteiger charge is -2.41. The Morgan fingerprint density at radius 3 is 2.92 bits per heavy atom. The van der Waals surface area contributed by atoms with Gasteiger partial charge in [-0.2, -0.15) is 9.36 Å².